The van der Waals surface area contributed by atoms with Gasteiger partial charge in [0, 0.05) is 6.08 Å². The number of nitro groups is 1. The molecule has 1 amide bonds. The summed E-state index contributed by atoms with van der Waals surface area (Å²) in [6.07, 6.45) is 1.34. The standard InChI is InChI=1S/C14H7FN2O4S2/c15-9-3-1-2-4-10(9)16-13(18)11(23-14(16)22)7-8-5-6-12(21-8)17(19)20/h1-7H. The Morgan fingerprint density at radius 3 is 2.70 bits per heavy atom. The molecular weight excluding hydrogens is 343 g/mol. The summed E-state index contributed by atoms with van der Waals surface area (Å²) in [7, 11) is 0. The highest BCUT2D eigenvalue weighted by molar-refractivity contribution is 8.27. The lowest BCUT2D eigenvalue weighted by Crippen LogP contribution is -2.28. The molecule has 0 saturated carbocycles. The molecule has 0 aliphatic carbocycles. The molecule has 1 aromatic carbocycles. The van der Waals surface area contributed by atoms with Crippen LogP contribution in [0.3, 0.4) is 0 Å². The third-order valence-electron chi connectivity index (χ3n) is 2.95. The lowest BCUT2D eigenvalue weighted by atomic mass is 10.2. The van der Waals surface area contributed by atoms with Crippen LogP contribution in [0.5, 0.6) is 0 Å². The van der Waals surface area contributed by atoms with Crippen LogP contribution in [0.1, 0.15) is 5.76 Å². The molecule has 0 bridgehead atoms. The molecule has 1 aliphatic rings. The molecule has 9 heteroatoms. The fourth-order valence-corrected chi connectivity index (χ4v) is 3.22. The number of carbonyl (C=O) groups is 1. The number of thioether (sulfide) groups is 1. The van der Waals surface area contributed by atoms with E-state index in [1.807, 2.05) is 0 Å². The van der Waals surface area contributed by atoms with E-state index in [9.17, 15) is 19.3 Å². The van der Waals surface area contributed by atoms with Crippen LogP contribution in [0.25, 0.3) is 6.08 Å². The molecule has 2 aromatic rings. The van der Waals surface area contributed by atoms with E-state index in [1.165, 1.54) is 36.4 Å². The van der Waals surface area contributed by atoms with Crippen LogP contribution < -0.4 is 4.90 Å². The summed E-state index contributed by atoms with van der Waals surface area (Å²) in [5.74, 6) is -1.37. The minimum atomic E-state index is -0.679. The number of benzene rings is 1. The fraction of sp³-hybridized carbons (Fsp3) is 0. The van der Waals surface area contributed by atoms with Crippen molar-refractivity contribution < 1.29 is 18.5 Å². The largest absolute Gasteiger partial charge is 0.433 e. The molecule has 1 aromatic heterocycles. The number of anilines is 1. The van der Waals surface area contributed by atoms with Gasteiger partial charge in [0.1, 0.15) is 16.5 Å². The molecular formula is C14H7FN2O4S2. The van der Waals surface area contributed by atoms with Crippen molar-refractivity contribution in [3.8, 4) is 0 Å². The van der Waals surface area contributed by atoms with Crippen LogP contribution in [-0.4, -0.2) is 15.2 Å². The quantitative estimate of drug-likeness (QED) is 0.363. The number of hydrogen-bond acceptors (Lipinski definition) is 6. The first kappa shape index (κ1) is 15.4. The maximum Gasteiger partial charge on any atom is 0.433 e. The van der Waals surface area contributed by atoms with Crippen molar-refractivity contribution in [2.45, 2.75) is 0 Å². The smallest absolute Gasteiger partial charge is 0.401 e. The molecule has 0 spiro atoms. The van der Waals surface area contributed by atoms with Gasteiger partial charge in [-0.05, 0) is 18.2 Å². The number of amides is 1. The van der Waals surface area contributed by atoms with Crippen molar-refractivity contribution in [1.82, 2.24) is 0 Å². The second-order valence-electron chi connectivity index (χ2n) is 4.40. The predicted molar refractivity (Wildman–Crippen MR) is 87.4 cm³/mol. The number of thiocarbonyl (C=S) groups is 1. The Hall–Kier alpha value is -2.52. The van der Waals surface area contributed by atoms with Crippen LogP contribution >= 0.6 is 24.0 Å². The maximum atomic E-state index is 13.9. The number of nitrogens with zero attached hydrogens (tertiary/aromatic N) is 2. The van der Waals surface area contributed by atoms with Crippen molar-refractivity contribution in [2.24, 2.45) is 0 Å². The molecule has 1 fully saturated rings. The van der Waals surface area contributed by atoms with Crippen molar-refractivity contribution >= 4 is 51.9 Å². The zero-order chi connectivity index (χ0) is 16.6. The van der Waals surface area contributed by atoms with Crippen LogP contribution in [0.4, 0.5) is 16.0 Å². The molecule has 0 N–H and O–H groups in total. The molecule has 1 aliphatic heterocycles. The van der Waals surface area contributed by atoms with E-state index >= 15 is 0 Å². The topological polar surface area (TPSA) is 76.6 Å². The van der Waals surface area contributed by atoms with Gasteiger partial charge in [0.15, 0.2) is 4.32 Å². The van der Waals surface area contributed by atoms with E-state index in [0.717, 1.165) is 16.7 Å². The summed E-state index contributed by atoms with van der Waals surface area (Å²) in [5, 5.41) is 10.6. The van der Waals surface area contributed by atoms with Gasteiger partial charge in [-0.2, -0.15) is 0 Å². The van der Waals surface area contributed by atoms with Crippen molar-refractivity contribution in [3.05, 3.63) is 63.0 Å². The second kappa shape index (κ2) is 5.94. The predicted octanol–water partition coefficient (Wildman–Crippen LogP) is 3.73. The van der Waals surface area contributed by atoms with E-state index < -0.39 is 22.5 Å². The van der Waals surface area contributed by atoms with E-state index in [1.54, 1.807) is 6.07 Å². The number of halogens is 1. The summed E-state index contributed by atoms with van der Waals surface area (Å²) >= 11 is 6.09. The van der Waals surface area contributed by atoms with Crippen LogP contribution in [0.15, 0.2) is 45.7 Å². The minimum absolute atomic E-state index is 0.0591. The van der Waals surface area contributed by atoms with Crippen molar-refractivity contribution in [2.75, 3.05) is 4.90 Å². The Balaban J connectivity index is 1.93. The summed E-state index contributed by atoms with van der Waals surface area (Å²) in [6, 6.07) is 8.33. The van der Waals surface area contributed by atoms with Gasteiger partial charge in [-0.25, -0.2) is 4.39 Å². The maximum absolute atomic E-state index is 13.9. The highest BCUT2D eigenvalue weighted by atomic mass is 32.2. The van der Waals surface area contributed by atoms with Gasteiger partial charge < -0.3 is 4.42 Å². The van der Waals surface area contributed by atoms with Gasteiger partial charge in [-0.15, -0.1) is 0 Å². The molecule has 23 heavy (non-hydrogen) atoms. The first-order valence-electron chi connectivity index (χ1n) is 6.24. The third-order valence-corrected chi connectivity index (χ3v) is 4.26. The average Bonchev–Trinajstić information content (AvgIpc) is 3.07. The van der Waals surface area contributed by atoms with Gasteiger partial charge in [-0.3, -0.25) is 19.8 Å². The van der Waals surface area contributed by atoms with Crippen LogP contribution in [0.2, 0.25) is 0 Å². The van der Waals surface area contributed by atoms with E-state index in [0.29, 0.717) is 0 Å². The Labute approximate surface area is 138 Å². The van der Waals surface area contributed by atoms with Gasteiger partial charge in [0.05, 0.1) is 16.7 Å². The second-order valence-corrected chi connectivity index (χ2v) is 6.08. The minimum Gasteiger partial charge on any atom is -0.401 e. The Morgan fingerprint density at radius 2 is 2.04 bits per heavy atom. The lowest BCUT2D eigenvalue weighted by Gasteiger charge is -2.14. The molecule has 3 rings (SSSR count). The summed E-state index contributed by atoms with van der Waals surface area (Å²) in [5.41, 5.74) is 0.0591. The van der Waals surface area contributed by atoms with Gasteiger partial charge in [0.25, 0.3) is 5.91 Å². The molecule has 1 saturated heterocycles. The van der Waals surface area contributed by atoms with Crippen molar-refractivity contribution in [3.63, 3.8) is 0 Å². The summed E-state index contributed by atoms with van der Waals surface area (Å²) < 4.78 is 19.0. The number of furan rings is 1. The van der Waals surface area contributed by atoms with E-state index in [4.69, 9.17) is 16.6 Å². The SMILES string of the molecule is O=C1C(=Cc2ccc([N+](=O)[O-])o2)SC(=S)N1c1ccccc1F. The Morgan fingerprint density at radius 1 is 1.30 bits per heavy atom. The lowest BCUT2D eigenvalue weighted by molar-refractivity contribution is -0.402. The van der Waals surface area contributed by atoms with Gasteiger partial charge in [-0.1, -0.05) is 36.1 Å². The van der Waals surface area contributed by atoms with E-state index in [-0.39, 0.29) is 20.7 Å². The monoisotopic (exact) mass is 350 g/mol. The third kappa shape index (κ3) is 2.88. The highest BCUT2D eigenvalue weighted by Gasteiger charge is 2.35. The van der Waals surface area contributed by atoms with Crippen LogP contribution in [0, 0.1) is 15.9 Å². The van der Waals surface area contributed by atoms with Crippen LogP contribution in [-0.2, 0) is 4.79 Å². The zero-order valence-electron chi connectivity index (χ0n) is 11.3. The van der Waals surface area contributed by atoms with Crippen molar-refractivity contribution in [1.29, 1.82) is 0 Å². The number of hydrogen-bond donors (Lipinski definition) is 0. The molecule has 116 valence electrons. The molecule has 0 radical (unpaired) electrons. The van der Waals surface area contributed by atoms with E-state index in [2.05, 4.69) is 0 Å². The molecule has 0 unspecified atom stereocenters. The average molecular weight is 350 g/mol. The highest BCUT2D eigenvalue weighted by Crippen LogP contribution is 2.37. The molecule has 2 heterocycles. The molecule has 6 nitrogen and oxygen atoms in total. The van der Waals surface area contributed by atoms with Gasteiger partial charge >= 0.3 is 5.88 Å². The fourth-order valence-electron chi connectivity index (χ4n) is 1.96. The summed E-state index contributed by atoms with van der Waals surface area (Å²) in [6.45, 7) is 0. The Kier molecular flexibility index (Phi) is 3.97. The summed E-state index contributed by atoms with van der Waals surface area (Å²) in [4.78, 5) is 23.6. The number of para-hydroxylation sites is 1. The normalized spacial score (nSPS) is 16.4. The Bertz CT molecular complexity index is 862. The van der Waals surface area contributed by atoms with Gasteiger partial charge in [0.2, 0.25) is 0 Å². The first-order chi connectivity index (χ1) is 11.0. The number of rotatable bonds is 3. The first-order valence-corrected chi connectivity index (χ1v) is 7.46. The molecule has 0 atom stereocenters. The number of carbonyl (C=O) groups excluding carboxylic acids is 1. The zero-order valence-corrected chi connectivity index (χ0v) is 12.9.